The lowest BCUT2D eigenvalue weighted by Crippen LogP contribution is -2.55. The number of aromatic nitrogens is 4. The first-order valence-corrected chi connectivity index (χ1v) is 13.1. The topological polar surface area (TPSA) is 104 Å². The Morgan fingerprint density at radius 2 is 2.00 bits per heavy atom. The lowest BCUT2D eigenvalue weighted by Gasteiger charge is -2.42. The molecular formula is C28H29N9O2. The third kappa shape index (κ3) is 4.06. The van der Waals surface area contributed by atoms with Crippen molar-refractivity contribution in [1.29, 1.82) is 0 Å². The number of aliphatic imine (C=N–C) groups is 1. The normalized spacial score (nSPS) is 21.5. The van der Waals surface area contributed by atoms with Crippen LogP contribution < -0.4 is 20.4 Å². The Morgan fingerprint density at radius 3 is 2.79 bits per heavy atom. The maximum Gasteiger partial charge on any atom is 0.246 e. The molecule has 3 atom stereocenters. The Hall–Kier alpha value is -4.80. The molecule has 198 valence electrons. The van der Waals surface area contributed by atoms with Crippen LogP contribution in [0.2, 0.25) is 0 Å². The monoisotopic (exact) mass is 523 g/mol. The Balaban J connectivity index is 1.11. The standard InChI is InChI=1S/C28H29N9O2/c1-3-26(38)34-14-20-5-6-21(15-34)37(20)23-9-11-36-27(23)28(30-17-32-36)33-19-4-7-24(18(2)12-19)39-22-8-10-35-25(13-22)29-16-31-35/h3-4,7-13,16-17,20-21,28,33H,1,5-6,14-15H2,2H3,(H,30,32). The number of piperazine rings is 1. The Morgan fingerprint density at radius 1 is 1.15 bits per heavy atom. The van der Waals surface area contributed by atoms with Crippen molar-refractivity contribution in [3.05, 3.63) is 79.0 Å². The summed E-state index contributed by atoms with van der Waals surface area (Å²) in [5.41, 5.74) is 8.10. The van der Waals surface area contributed by atoms with Crippen LogP contribution in [0.25, 0.3) is 5.65 Å². The number of fused-ring (bicyclic) bond motifs is 4. The average Bonchev–Trinajstić information content (AvgIpc) is 3.65. The molecule has 1 amide bonds. The van der Waals surface area contributed by atoms with Gasteiger partial charge in [-0.25, -0.2) is 14.5 Å². The minimum Gasteiger partial charge on any atom is -0.457 e. The van der Waals surface area contributed by atoms with Gasteiger partial charge in [0.15, 0.2) is 11.8 Å². The van der Waals surface area contributed by atoms with Gasteiger partial charge in [0.1, 0.15) is 29.9 Å². The largest absolute Gasteiger partial charge is 0.457 e. The van der Waals surface area contributed by atoms with Gasteiger partial charge in [-0.3, -0.25) is 14.9 Å². The van der Waals surface area contributed by atoms with E-state index in [9.17, 15) is 4.79 Å². The molecule has 0 aliphatic carbocycles. The van der Waals surface area contributed by atoms with Gasteiger partial charge in [0.2, 0.25) is 5.91 Å². The van der Waals surface area contributed by atoms with Crippen LogP contribution in [0.3, 0.4) is 0 Å². The van der Waals surface area contributed by atoms with Crippen molar-refractivity contribution in [3.8, 4) is 11.5 Å². The summed E-state index contributed by atoms with van der Waals surface area (Å²) in [7, 11) is 0. The molecule has 2 fully saturated rings. The third-order valence-corrected chi connectivity index (χ3v) is 7.79. The van der Waals surface area contributed by atoms with Gasteiger partial charge in [0.05, 0.1) is 5.69 Å². The predicted octanol–water partition coefficient (Wildman–Crippen LogP) is 3.69. The van der Waals surface area contributed by atoms with E-state index in [0.29, 0.717) is 18.8 Å². The SMILES string of the molecule is C=CC(=O)N1CC2CCC(C1)N2c1ccn2c1C(Nc1ccc(Oc3ccn4ncnc4c3)c(C)c1)N=CN2. The number of carbonyl (C=O) groups excluding carboxylic acids is 1. The van der Waals surface area contributed by atoms with E-state index in [1.807, 2.05) is 53.2 Å². The van der Waals surface area contributed by atoms with E-state index in [1.54, 1.807) is 10.9 Å². The van der Waals surface area contributed by atoms with Crippen LogP contribution in [0.1, 0.15) is 30.3 Å². The molecule has 1 aromatic carbocycles. The van der Waals surface area contributed by atoms with Crippen LogP contribution in [-0.2, 0) is 4.79 Å². The molecule has 3 aliphatic rings. The molecular weight excluding hydrogens is 494 g/mol. The van der Waals surface area contributed by atoms with Gasteiger partial charge in [-0.1, -0.05) is 6.58 Å². The molecule has 3 unspecified atom stereocenters. The fourth-order valence-electron chi connectivity index (χ4n) is 5.99. The second-order valence-electron chi connectivity index (χ2n) is 10.2. The average molecular weight is 524 g/mol. The number of carbonyl (C=O) groups is 1. The van der Waals surface area contributed by atoms with Gasteiger partial charge in [-0.15, -0.1) is 0 Å². The number of benzene rings is 1. The van der Waals surface area contributed by atoms with Crippen LogP contribution in [0.4, 0.5) is 11.4 Å². The smallest absolute Gasteiger partial charge is 0.246 e. The van der Waals surface area contributed by atoms with Crippen molar-refractivity contribution >= 4 is 29.3 Å². The number of rotatable bonds is 6. The molecule has 11 heteroatoms. The molecule has 2 N–H and O–H groups in total. The fourth-order valence-corrected chi connectivity index (χ4v) is 5.99. The zero-order valence-electron chi connectivity index (χ0n) is 21.6. The number of aryl methyl sites for hydroxylation is 1. The highest BCUT2D eigenvalue weighted by Gasteiger charge is 2.43. The summed E-state index contributed by atoms with van der Waals surface area (Å²) in [6, 6.07) is 12.5. The van der Waals surface area contributed by atoms with Gasteiger partial charge in [-0.05, 0) is 61.7 Å². The number of nitrogens with zero attached hydrogens (tertiary/aromatic N) is 7. The molecule has 39 heavy (non-hydrogen) atoms. The summed E-state index contributed by atoms with van der Waals surface area (Å²) in [6.07, 6.45) is 10.4. The molecule has 0 spiro atoms. The van der Waals surface area contributed by atoms with Crippen LogP contribution >= 0.6 is 0 Å². The number of amides is 1. The lowest BCUT2D eigenvalue weighted by atomic mass is 10.1. The van der Waals surface area contributed by atoms with Gasteiger partial charge in [0, 0.05) is 49.3 Å². The fraction of sp³-hybridized carbons (Fsp3) is 0.286. The first kappa shape index (κ1) is 23.3. The number of pyridine rings is 1. The zero-order chi connectivity index (χ0) is 26.5. The highest BCUT2D eigenvalue weighted by atomic mass is 16.5. The minimum absolute atomic E-state index is 0.0122. The van der Waals surface area contributed by atoms with E-state index in [0.717, 1.165) is 46.9 Å². The number of anilines is 2. The van der Waals surface area contributed by atoms with Gasteiger partial charge < -0.3 is 19.9 Å². The molecule has 3 aromatic heterocycles. The lowest BCUT2D eigenvalue weighted by molar-refractivity contribution is -0.126. The number of hydrogen-bond acceptors (Lipinski definition) is 8. The molecule has 2 bridgehead atoms. The van der Waals surface area contributed by atoms with Crippen LogP contribution in [0.15, 0.2) is 72.8 Å². The summed E-state index contributed by atoms with van der Waals surface area (Å²) in [6.45, 7) is 7.12. The molecule has 7 rings (SSSR count). The Labute approximate surface area is 225 Å². The number of ether oxygens (including phenoxy) is 1. The molecule has 4 aromatic rings. The molecule has 0 saturated carbocycles. The molecule has 11 nitrogen and oxygen atoms in total. The highest BCUT2D eigenvalue weighted by molar-refractivity contribution is 5.87. The highest BCUT2D eigenvalue weighted by Crippen LogP contribution is 2.41. The third-order valence-electron chi connectivity index (χ3n) is 7.79. The van der Waals surface area contributed by atoms with Crippen LogP contribution in [0.5, 0.6) is 11.5 Å². The van der Waals surface area contributed by atoms with E-state index in [2.05, 4.69) is 44.4 Å². The Bertz CT molecular complexity index is 1590. The van der Waals surface area contributed by atoms with Gasteiger partial charge >= 0.3 is 0 Å². The first-order valence-electron chi connectivity index (χ1n) is 13.1. The second-order valence-corrected chi connectivity index (χ2v) is 10.2. The van der Waals surface area contributed by atoms with Crippen molar-refractivity contribution in [2.75, 3.05) is 28.7 Å². The van der Waals surface area contributed by atoms with Gasteiger partial charge in [0.25, 0.3) is 0 Å². The summed E-state index contributed by atoms with van der Waals surface area (Å²) in [5.74, 6) is 1.48. The Kier molecular flexibility index (Phi) is 5.50. The summed E-state index contributed by atoms with van der Waals surface area (Å²) >= 11 is 0. The van der Waals surface area contributed by atoms with Crippen molar-refractivity contribution < 1.29 is 9.53 Å². The number of likely N-dealkylation sites (tertiary alicyclic amines) is 1. The number of hydrogen-bond donors (Lipinski definition) is 2. The van der Waals surface area contributed by atoms with Crippen LogP contribution in [-0.4, -0.2) is 61.6 Å². The molecule has 3 aliphatic heterocycles. The zero-order valence-corrected chi connectivity index (χ0v) is 21.6. The quantitative estimate of drug-likeness (QED) is 0.372. The van der Waals surface area contributed by atoms with Crippen molar-refractivity contribution in [1.82, 2.24) is 24.2 Å². The van der Waals surface area contributed by atoms with E-state index in [1.165, 1.54) is 12.4 Å². The van der Waals surface area contributed by atoms with Crippen molar-refractivity contribution in [2.45, 2.75) is 38.0 Å². The minimum atomic E-state index is -0.273. The van der Waals surface area contributed by atoms with Crippen molar-refractivity contribution in [3.63, 3.8) is 0 Å². The maximum absolute atomic E-state index is 12.3. The van der Waals surface area contributed by atoms with E-state index >= 15 is 0 Å². The second kappa shape index (κ2) is 9.19. The first-order chi connectivity index (χ1) is 19.1. The summed E-state index contributed by atoms with van der Waals surface area (Å²) < 4.78 is 9.86. The van der Waals surface area contributed by atoms with Crippen LogP contribution in [0, 0.1) is 6.92 Å². The predicted molar refractivity (Wildman–Crippen MR) is 149 cm³/mol. The molecule has 0 radical (unpaired) electrons. The van der Waals surface area contributed by atoms with E-state index in [4.69, 9.17) is 9.73 Å². The number of nitrogens with one attached hydrogen (secondary N) is 2. The van der Waals surface area contributed by atoms with E-state index in [-0.39, 0.29) is 24.2 Å². The van der Waals surface area contributed by atoms with Gasteiger partial charge in [-0.2, -0.15) is 5.10 Å². The maximum atomic E-state index is 12.3. The molecule has 6 heterocycles. The van der Waals surface area contributed by atoms with E-state index < -0.39 is 0 Å². The summed E-state index contributed by atoms with van der Waals surface area (Å²) in [4.78, 5) is 25.7. The molecule has 2 saturated heterocycles. The van der Waals surface area contributed by atoms with Crippen molar-refractivity contribution in [2.24, 2.45) is 4.99 Å². The summed E-state index contributed by atoms with van der Waals surface area (Å²) in [5, 5.41) is 7.73.